The van der Waals surface area contributed by atoms with Crippen molar-refractivity contribution in [2.24, 2.45) is 5.92 Å². The van der Waals surface area contributed by atoms with E-state index in [1.54, 1.807) is 12.4 Å². The number of aromatic nitrogens is 2. The maximum Gasteiger partial charge on any atom is 0.225 e. The van der Waals surface area contributed by atoms with Crippen molar-refractivity contribution in [2.45, 2.75) is 25.7 Å². The number of hydrogen-bond donors (Lipinski definition) is 1. The van der Waals surface area contributed by atoms with Gasteiger partial charge in [0.2, 0.25) is 11.9 Å². The molecular formula is C21H27N5O. The maximum atomic E-state index is 12.5. The van der Waals surface area contributed by atoms with Crippen LogP contribution in [-0.4, -0.2) is 48.6 Å². The minimum atomic E-state index is 0.0959. The van der Waals surface area contributed by atoms with Gasteiger partial charge in [-0.15, -0.1) is 0 Å². The fraction of sp³-hybridized carbons (Fsp3) is 0.476. The Morgan fingerprint density at radius 3 is 2.67 bits per heavy atom. The Hall–Kier alpha value is -2.63. The number of aryl methyl sites for hydroxylation is 1. The van der Waals surface area contributed by atoms with E-state index in [4.69, 9.17) is 0 Å². The van der Waals surface area contributed by atoms with Crippen molar-refractivity contribution >= 4 is 17.5 Å². The van der Waals surface area contributed by atoms with Gasteiger partial charge in [-0.25, -0.2) is 9.97 Å². The summed E-state index contributed by atoms with van der Waals surface area (Å²) in [6, 6.07) is 10.4. The zero-order valence-electron chi connectivity index (χ0n) is 15.7. The van der Waals surface area contributed by atoms with Crippen molar-refractivity contribution in [1.29, 1.82) is 0 Å². The van der Waals surface area contributed by atoms with Gasteiger partial charge in [0.25, 0.3) is 0 Å². The molecule has 1 amide bonds. The van der Waals surface area contributed by atoms with Gasteiger partial charge in [-0.3, -0.25) is 4.79 Å². The van der Waals surface area contributed by atoms with E-state index in [9.17, 15) is 4.79 Å². The molecule has 27 heavy (non-hydrogen) atoms. The molecule has 0 aliphatic carbocycles. The minimum absolute atomic E-state index is 0.0959. The van der Waals surface area contributed by atoms with Crippen LogP contribution < -0.4 is 15.1 Å². The molecule has 3 heterocycles. The second-order valence-electron chi connectivity index (χ2n) is 7.32. The van der Waals surface area contributed by atoms with Gasteiger partial charge in [0.05, 0.1) is 0 Å². The minimum Gasteiger partial charge on any atom is -0.370 e. The molecule has 0 atom stereocenters. The number of amides is 1. The molecule has 1 saturated heterocycles. The summed E-state index contributed by atoms with van der Waals surface area (Å²) in [4.78, 5) is 25.7. The zero-order valence-corrected chi connectivity index (χ0v) is 15.7. The summed E-state index contributed by atoms with van der Waals surface area (Å²) in [6.45, 7) is 4.32. The van der Waals surface area contributed by atoms with Crippen molar-refractivity contribution < 1.29 is 4.79 Å². The van der Waals surface area contributed by atoms with E-state index >= 15 is 0 Å². The van der Waals surface area contributed by atoms with Crippen molar-refractivity contribution in [1.82, 2.24) is 15.3 Å². The first-order chi connectivity index (χ1) is 13.3. The fourth-order valence-corrected chi connectivity index (χ4v) is 4.10. The molecular weight excluding hydrogens is 338 g/mol. The first-order valence-electron chi connectivity index (χ1n) is 9.94. The van der Waals surface area contributed by atoms with Crippen LogP contribution in [0.1, 0.15) is 24.8 Å². The van der Waals surface area contributed by atoms with E-state index in [2.05, 4.69) is 49.4 Å². The first-order valence-corrected chi connectivity index (χ1v) is 9.94. The number of nitrogens with zero attached hydrogens (tertiary/aromatic N) is 4. The summed E-state index contributed by atoms with van der Waals surface area (Å²) in [5.41, 5.74) is 2.75. The largest absolute Gasteiger partial charge is 0.370 e. The third-order valence-electron chi connectivity index (χ3n) is 5.59. The lowest BCUT2D eigenvalue weighted by Gasteiger charge is -2.32. The lowest BCUT2D eigenvalue weighted by Crippen LogP contribution is -2.43. The number of rotatable bonds is 5. The fourth-order valence-electron chi connectivity index (χ4n) is 4.10. The van der Waals surface area contributed by atoms with Crippen LogP contribution in [0.25, 0.3) is 0 Å². The average Bonchev–Trinajstić information content (AvgIpc) is 2.74. The standard InChI is InChI=1S/C21H27N5O/c27-20(18-8-14-26(15-9-18)21-23-10-4-11-24-21)22-12-16-25-13-3-6-17-5-1-2-7-19(17)25/h1-2,4-5,7,10-11,18H,3,6,8-9,12-16H2,(H,22,27). The highest BCUT2D eigenvalue weighted by Gasteiger charge is 2.26. The van der Waals surface area contributed by atoms with Crippen LogP contribution in [0, 0.1) is 5.92 Å². The number of fused-ring (bicyclic) bond motifs is 1. The molecule has 2 aliphatic rings. The Morgan fingerprint density at radius 2 is 1.85 bits per heavy atom. The first kappa shape index (κ1) is 17.8. The van der Waals surface area contributed by atoms with Crippen LogP contribution in [0.5, 0.6) is 0 Å². The molecule has 0 spiro atoms. The summed E-state index contributed by atoms with van der Waals surface area (Å²) in [5.74, 6) is 1.05. The number of benzene rings is 1. The van der Waals surface area contributed by atoms with Crippen molar-refractivity contribution in [3.05, 3.63) is 48.3 Å². The molecule has 0 radical (unpaired) electrons. The number of para-hydroxylation sites is 1. The topological polar surface area (TPSA) is 61.4 Å². The Morgan fingerprint density at radius 1 is 1.07 bits per heavy atom. The quantitative estimate of drug-likeness (QED) is 0.881. The van der Waals surface area contributed by atoms with E-state index in [0.717, 1.165) is 51.4 Å². The van der Waals surface area contributed by atoms with Gasteiger partial charge in [-0.1, -0.05) is 18.2 Å². The van der Waals surface area contributed by atoms with Gasteiger partial charge in [0, 0.05) is 56.7 Å². The Kier molecular flexibility index (Phi) is 5.51. The average molecular weight is 365 g/mol. The number of carbonyl (C=O) groups excluding carboxylic acids is 1. The SMILES string of the molecule is O=C(NCCN1CCCc2ccccc21)C1CCN(c2ncccn2)CC1. The van der Waals surface area contributed by atoms with E-state index in [0.29, 0.717) is 6.54 Å². The number of piperidine rings is 1. The Bertz CT molecular complexity index is 758. The molecule has 1 aromatic heterocycles. The van der Waals surface area contributed by atoms with Gasteiger partial charge >= 0.3 is 0 Å². The predicted molar refractivity (Wildman–Crippen MR) is 107 cm³/mol. The van der Waals surface area contributed by atoms with Gasteiger partial charge < -0.3 is 15.1 Å². The third kappa shape index (κ3) is 4.21. The third-order valence-corrected chi connectivity index (χ3v) is 5.59. The summed E-state index contributed by atoms with van der Waals surface area (Å²) in [6.07, 6.45) is 7.58. The molecule has 1 fully saturated rings. The van der Waals surface area contributed by atoms with Crippen LogP contribution in [0.4, 0.5) is 11.6 Å². The molecule has 2 aromatic rings. The smallest absolute Gasteiger partial charge is 0.225 e. The summed E-state index contributed by atoms with van der Waals surface area (Å²) in [5, 5.41) is 3.15. The molecule has 4 rings (SSSR count). The molecule has 2 aliphatic heterocycles. The molecule has 1 aromatic carbocycles. The van der Waals surface area contributed by atoms with Crippen LogP contribution in [0.2, 0.25) is 0 Å². The number of hydrogen-bond acceptors (Lipinski definition) is 5. The highest BCUT2D eigenvalue weighted by molar-refractivity contribution is 5.79. The van der Waals surface area contributed by atoms with Gasteiger partial charge in [-0.2, -0.15) is 0 Å². The van der Waals surface area contributed by atoms with Gasteiger partial charge in [-0.05, 0) is 43.4 Å². The molecule has 142 valence electrons. The van der Waals surface area contributed by atoms with E-state index in [1.807, 2.05) is 6.07 Å². The lowest BCUT2D eigenvalue weighted by atomic mass is 9.96. The molecule has 6 heteroatoms. The highest BCUT2D eigenvalue weighted by Crippen LogP contribution is 2.26. The normalized spacial score (nSPS) is 17.5. The van der Waals surface area contributed by atoms with E-state index in [-0.39, 0.29) is 11.8 Å². The van der Waals surface area contributed by atoms with Crippen LogP contribution in [0.15, 0.2) is 42.7 Å². The Labute approximate surface area is 160 Å². The summed E-state index contributed by atoms with van der Waals surface area (Å²) >= 11 is 0. The van der Waals surface area contributed by atoms with Gasteiger partial charge in [0.1, 0.15) is 0 Å². The van der Waals surface area contributed by atoms with Crippen LogP contribution >= 0.6 is 0 Å². The van der Waals surface area contributed by atoms with E-state index in [1.165, 1.54) is 17.7 Å². The monoisotopic (exact) mass is 365 g/mol. The summed E-state index contributed by atoms with van der Waals surface area (Å²) in [7, 11) is 0. The molecule has 0 unspecified atom stereocenters. The molecule has 6 nitrogen and oxygen atoms in total. The second-order valence-corrected chi connectivity index (χ2v) is 7.32. The zero-order chi connectivity index (χ0) is 18.5. The van der Waals surface area contributed by atoms with Crippen molar-refractivity contribution in [3.8, 4) is 0 Å². The molecule has 1 N–H and O–H groups in total. The molecule has 0 bridgehead atoms. The number of carbonyl (C=O) groups is 1. The van der Waals surface area contributed by atoms with Crippen LogP contribution in [-0.2, 0) is 11.2 Å². The van der Waals surface area contributed by atoms with E-state index < -0.39 is 0 Å². The van der Waals surface area contributed by atoms with Crippen LogP contribution in [0.3, 0.4) is 0 Å². The van der Waals surface area contributed by atoms with Gasteiger partial charge in [0.15, 0.2) is 0 Å². The predicted octanol–water partition coefficient (Wildman–Crippen LogP) is 2.26. The Balaban J connectivity index is 1.23. The van der Waals surface area contributed by atoms with Crippen molar-refractivity contribution in [2.75, 3.05) is 42.5 Å². The number of anilines is 2. The number of nitrogens with one attached hydrogen (secondary N) is 1. The molecule has 0 saturated carbocycles. The summed E-state index contributed by atoms with van der Waals surface area (Å²) < 4.78 is 0. The maximum absolute atomic E-state index is 12.5. The lowest BCUT2D eigenvalue weighted by molar-refractivity contribution is -0.125. The highest BCUT2D eigenvalue weighted by atomic mass is 16.1. The second kappa shape index (κ2) is 8.37. The van der Waals surface area contributed by atoms with Crippen molar-refractivity contribution in [3.63, 3.8) is 0 Å².